The van der Waals surface area contributed by atoms with Crippen LogP contribution in [0.4, 0.5) is 0 Å². The van der Waals surface area contributed by atoms with Gasteiger partial charge in [0, 0.05) is 11.1 Å². The molecule has 0 spiro atoms. The van der Waals surface area contributed by atoms with Crippen molar-refractivity contribution < 1.29 is 9.26 Å². The molecule has 29 heavy (non-hydrogen) atoms. The summed E-state index contributed by atoms with van der Waals surface area (Å²) < 4.78 is 10.8. The van der Waals surface area contributed by atoms with Crippen LogP contribution in [-0.4, -0.2) is 22.2 Å². The van der Waals surface area contributed by atoms with Gasteiger partial charge in [0.2, 0.25) is 0 Å². The molecular weight excluding hydrogens is 362 g/mol. The zero-order chi connectivity index (χ0) is 20.1. The first-order chi connectivity index (χ1) is 14.1. The second-order valence-corrected chi connectivity index (χ2v) is 7.34. The predicted molar refractivity (Wildman–Crippen MR) is 115 cm³/mol. The molecule has 0 saturated carbocycles. The first kappa shape index (κ1) is 17.5. The highest BCUT2D eigenvalue weighted by atomic mass is 16.5. The average molecular weight is 383 g/mol. The molecule has 0 fully saturated rings. The topological polar surface area (TPSA) is 63.9 Å². The summed E-state index contributed by atoms with van der Waals surface area (Å²) in [5, 5.41) is 6.54. The molecule has 3 aromatic carbocycles. The molecule has 0 aliphatic carbocycles. The Morgan fingerprint density at radius 1 is 0.966 bits per heavy atom. The van der Waals surface area contributed by atoms with Gasteiger partial charge in [0.25, 0.3) is 6.01 Å². The molecule has 5 aromatic rings. The van der Waals surface area contributed by atoms with Crippen LogP contribution in [0.5, 0.6) is 6.01 Å². The van der Waals surface area contributed by atoms with E-state index in [2.05, 4.69) is 65.6 Å². The minimum Gasteiger partial charge on any atom is -0.468 e. The van der Waals surface area contributed by atoms with Crippen LogP contribution in [0, 0.1) is 20.8 Å². The SMILES string of the molecule is COc1nc2c(-c3c(C)ccc4ccccc34)cc(-c3c(C)noc3C)cc2[nH]1. The van der Waals surface area contributed by atoms with Crippen molar-refractivity contribution in [2.24, 2.45) is 0 Å². The predicted octanol–water partition coefficient (Wildman–Crippen LogP) is 5.97. The van der Waals surface area contributed by atoms with Gasteiger partial charge < -0.3 is 14.2 Å². The molecule has 0 aliphatic rings. The largest absolute Gasteiger partial charge is 0.468 e. The lowest BCUT2D eigenvalue weighted by molar-refractivity contribution is 0.386. The molecule has 0 amide bonds. The lowest BCUT2D eigenvalue weighted by atomic mass is 9.90. The highest BCUT2D eigenvalue weighted by Gasteiger charge is 2.19. The number of hydrogen-bond acceptors (Lipinski definition) is 4. The number of nitrogens with one attached hydrogen (secondary N) is 1. The Balaban J connectivity index is 1.91. The summed E-state index contributed by atoms with van der Waals surface area (Å²) in [6.45, 7) is 6.04. The zero-order valence-corrected chi connectivity index (χ0v) is 16.8. The lowest BCUT2D eigenvalue weighted by Gasteiger charge is -2.13. The van der Waals surface area contributed by atoms with Crippen LogP contribution in [0.1, 0.15) is 17.0 Å². The fourth-order valence-electron chi connectivity index (χ4n) is 4.16. The Labute approximate surface area is 168 Å². The quantitative estimate of drug-likeness (QED) is 0.417. The van der Waals surface area contributed by atoms with E-state index < -0.39 is 0 Å². The molecule has 0 radical (unpaired) electrons. The number of methoxy groups -OCH3 is 1. The summed E-state index contributed by atoms with van der Waals surface area (Å²) in [6.07, 6.45) is 0. The molecule has 2 heterocycles. The van der Waals surface area contributed by atoms with Crippen molar-refractivity contribution in [1.29, 1.82) is 0 Å². The maximum absolute atomic E-state index is 5.43. The van der Waals surface area contributed by atoms with Gasteiger partial charge in [-0.15, -0.1) is 0 Å². The summed E-state index contributed by atoms with van der Waals surface area (Å²) in [4.78, 5) is 7.99. The van der Waals surface area contributed by atoms with Crippen LogP contribution in [0.2, 0.25) is 0 Å². The van der Waals surface area contributed by atoms with Gasteiger partial charge in [0.1, 0.15) is 11.3 Å². The summed E-state index contributed by atoms with van der Waals surface area (Å²) >= 11 is 0. The Morgan fingerprint density at radius 2 is 1.79 bits per heavy atom. The van der Waals surface area contributed by atoms with Crippen LogP contribution in [0.25, 0.3) is 44.1 Å². The maximum atomic E-state index is 5.43. The number of benzene rings is 3. The number of ether oxygens (including phenoxy) is 1. The Morgan fingerprint density at radius 3 is 2.55 bits per heavy atom. The van der Waals surface area contributed by atoms with Gasteiger partial charge in [-0.05, 0) is 60.4 Å². The number of imidazole rings is 1. The van der Waals surface area contributed by atoms with Crippen molar-refractivity contribution in [3.8, 4) is 28.3 Å². The van der Waals surface area contributed by atoms with Gasteiger partial charge in [-0.1, -0.05) is 41.6 Å². The molecular formula is C24H21N3O2. The van der Waals surface area contributed by atoms with Gasteiger partial charge in [0.15, 0.2) is 0 Å². The number of nitrogens with zero attached hydrogens (tertiary/aromatic N) is 2. The van der Waals surface area contributed by atoms with Crippen LogP contribution < -0.4 is 4.74 Å². The summed E-state index contributed by atoms with van der Waals surface area (Å²) in [5.74, 6) is 0.800. The molecule has 1 N–H and O–H groups in total. The molecule has 144 valence electrons. The number of rotatable bonds is 3. The minimum atomic E-state index is 0.495. The first-order valence-corrected chi connectivity index (χ1v) is 9.56. The molecule has 5 heteroatoms. The summed E-state index contributed by atoms with van der Waals surface area (Å²) in [5.41, 5.74) is 8.17. The van der Waals surface area contributed by atoms with E-state index in [1.54, 1.807) is 7.11 Å². The van der Waals surface area contributed by atoms with Crippen molar-refractivity contribution in [3.05, 3.63) is 65.5 Å². The maximum Gasteiger partial charge on any atom is 0.294 e. The van der Waals surface area contributed by atoms with E-state index in [9.17, 15) is 0 Å². The van der Waals surface area contributed by atoms with Gasteiger partial charge in [-0.2, -0.15) is 4.98 Å². The van der Waals surface area contributed by atoms with Crippen molar-refractivity contribution >= 4 is 21.8 Å². The normalized spacial score (nSPS) is 11.4. The second-order valence-electron chi connectivity index (χ2n) is 7.34. The van der Waals surface area contributed by atoms with E-state index in [0.717, 1.165) is 39.2 Å². The first-order valence-electron chi connectivity index (χ1n) is 9.56. The molecule has 5 rings (SSSR count). The molecule has 0 saturated heterocycles. The van der Waals surface area contributed by atoms with Crippen LogP contribution in [0.15, 0.2) is 53.1 Å². The standard InChI is InChI=1S/C24H21N3O2/c1-13-9-10-16-7-5-6-8-18(16)21(13)19-11-17(22-14(2)27-29-15(22)3)12-20-23(19)26-24(25-20)28-4/h5-12H,1-4H3,(H,25,26). The Hall–Kier alpha value is -3.60. The third kappa shape index (κ3) is 2.70. The van der Waals surface area contributed by atoms with Gasteiger partial charge in [0.05, 0.1) is 18.3 Å². The highest BCUT2D eigenvalue weighted by molar-refractivity contribution is 6.06. The van der Waals surface area contributed by atoms with Crippen molar-refractivity contribution in [3.63, 3.8) is 0 Å². The van der Waals surface area contributed by atoms with E-state index in [-0.39, 0.29) is 0 Å². The van der Waals surface area contributed by atoms with E-state index in [4.69, 9.17) is 14.2 Å². The average Bonchev–Trinajstić information content (AvgIpc) is 3.29. The van der Waals surface area contributed by atoms with Gasteiger partial charge in [-0.3, -0.25) is 0 Å². The number of H-pyrrole nitrogens is 1. The number of aromatic nitrogens is 3. The summed E-state index contributed by atoms with van der Waals surface area (Å²) in [6, 6.07) is 17.5. The van der Waals surface area contributed by atoms with Crippen molar-refractivity contribution in [2.45, 2.75) is 20.8 Å². The van der Waals surface area contributed by atoms with Crippen LogP contribution in [-0.2, 0) is 0 Å². The molecule has 0 unspecified atom stereocenters. The Kier molecular flexibility index (Phi) is 3.91. The fourth-order valence-corrected chi connectivity index (χ4v) is 4.16. The van der Waals surface area contributed by atoms with E-state index in [0.29, 0.717) is 6.01 Å². The number of fused-ring (bicyclic) bond motifs is 2. The number of hydrogen-bond donors (Lipinski definition) is 1. The molecule has 5 nitrogen and oxygen atoms in total. The molecule has 0 bridgehead atoms. The molecule has 2 aromatic heterocycles. The minimum absolute atomic E-state index is 0.495. The number of aromatic amines is 1. The van der Waals surface area contributed by atoms with Crippen molar-refractivity contribution in [1.82, 2.24) is 15.1 Å². The summed E-state index contributed by atoms with van der Waals surface area (Å²) in [7, 11) is 1.62. The van der Waals surface area contributed by atoms with Gasteiger partial charge >= 0.3 is 0 Å². The van der Waals surface area contributed by atoms with Crippen LogP contribution >= 0.6 is 0 Å². The molecule has 0 atom stereocenters. The highest BCUT2D eigenvalue weighted by Crippen LogP contribution is 2.40. The van der Waals surface area contributed by atoms with E-state index in [1.165, 1.54) is 21.9 Å². The third-order valence-corrected chi connectivity index (χ3v) is 5.49. The van der Waals surface area contributed by atoms with Crippen LogP contribution in [0.3, 0.4) is 0 Å². The number of aryl methyl sites for hydroxylation is 3. The second kappa shape index (κ2) is 6.48. The van der Waals surface area contributed by atoms with Gasteiger partial charge in [-0.25, -0.2) is 0 Å². The zero-order valence-electron chi connectivity index (χ0n) is 16.8. The molecule has 0 aliphatic heterocycles. The third-order valence-electron chi connectivity index (χ3n) is 5.49. The van der Waals surface area contributed by atoms with E-state index >= 15 is 0 Å². The van der Waals surface area contributed by atoms with Crippen molar-refractivity contribution in [2.75, 3.05) is 7.11 Å². The smallest absolute Gasteiger partial charge is 0.294 e. The Bertz CT molecular complexity index is 1360. The van der Waals surface area contributed by atoms with E-state index in [1.807, 2.05) is 13.8 Å². The fraction of sp³-hybridized carbons (Fsp3) is 0.167. The lowest BCUT2D eigenvalue weighted by Crippen LogP contribution is -1.91. The monoisotopic (exact) mass is 383 g/mol.